The molecule has 120 valence electrons. The molecule has 0 aliphatic carbocycles. The van der Waals surface area contributed by atoms with E-state index in [4.69, 9.17) is 0 Å². The van der Waals surface area contributed by atoms with E-state index >= 15 is 0 Å². The van der Waals surface area contributed by atoms with Crippen molar-refractivity contribution < 1.29 is 0 Å². The average molecular weight is 354 g/mol. The minimum absolute atomic E-state index is 0.421. The van der Waals surface area contributed by atoms with E-state index in [0.717, 1.165) is 0 Å². The Morgan fingerprint density at radius 3 is 1.35 bits per heavy atom. The second kappa shape index (κ2) is 11.9. The summed E-state index contributed by atoms with van der Waals surface area (Å²) in [6.45, 7) is 10.8. The molecule has 1 nitrogen and oxygen atoms in total. The maximum atomic E-state index is 2.68. The molecule has 5 heteroatoms. The Balaban J connectivity index is 2.32. The van der Waals surface area contributed by atoms with Crippen molar-refractivity contribution >= 4 is 47.0 Å². The summed E-state index contributed by atoms with van der Waals surface area (Å²) in [6, 6.07) is 0. The first kappa shape index (κ1) is 19.4. The number of hydrogen-bond donors (Lipinski definition) is 0. The Kier molecular flexibility index (Phi) is 11.5. The van der Waals surface area contributed by atoms with Gasteiger partial charge in [-0.05, 0) is 5.41 Å². The molecule has 0 bridgehead atoms. The third-order valence-electron chi connectivity index (χ3n) is 2.92. The third kappa shape index (κ3) is 12.0. The van der Waals surface area contributed by atoms with E-state index in [0.29, 0.717) is 5.41 Å². The van der Waals surface area contributed by atoms with Gasteiger partial charge < -0.3 is 4.90 Å². The van der Waals surface area contributed by atoms with Crippen LogP contribution in [0.3, 0.4) is 0 Å². The SMILES string of the molecule is CC(C)(C)CN1CCSCCSCCSCCSCC1. The van der Waals surface area contributed by atoms with Crippen molar-refractivity contribution in [3.63, 3.8) is 0 Å². The van der Waals surface area contributed by atoms with Gasteiger partial charge in [0.2, 0.25) is 0 Å². The molecule has 1 heterocycles. The summed E-state index contributed by atoms with van der Waals surface area (Å²) < 4.78 is 0. The Morgan fingerprint density at radius 2 is 1.00 bits per heavy atom. The van der Waals surface area contributed by atoms with Gasteiger partial charge in [-0.1, -0.05) is 20.8 Å². The molecule has 1 fully saturated rings. The van der Waals surface area contributed by atoms with Crippen LogP contribution in [0.5, 0.6) is 0 Å². The molecule has 1 rings (SSSR count). The summed E-state index contributed by atoms with van der Waals surface area (Å²) in [6.07, 6.45) is 0. The Morgan fingerprint density at radius 1 is 0.650 bits per heavy atom. The van der Waals surface area contributed by atoms with Gasteiger partial charge in [-0.25, -0.2) is 0 Å². The molecule has 20 heavy (non-hydrogen) atoms. The summed E-state index contributed by atoms with van der Waals surface area (Å²) >= 11 is 8.54. The van der Waals surface area contributed by atoms with E-state index in [2.05, 4.69) is 72.7 Å². The Labute approximate surface area is 143 Å². The lowest BCUT2D eigenvalue weighted by molar-refractivity contribution is 0.211. The van der Waals surface area contributed by atoms with Crippen molar-refractivity contribution in [2.45, 2.75) is 20.8 Å². The molecule has 0 aromatic rings. The zero-order valence-corrected chi connectivity index (χ0v) is 16.6. The first-order valence-electron chi connectivity index (χ1n) is 7.61. The minimum atomic E-state index is 0.421. The van der Waals surface area contributed by atoms with E-state index in [1.165, 1.54) is 65.7 Å². The molecule has 1 saturated heterocycles. The van der Waals surface area contributed by atoms with Crippen molar-refractivity contribution in [1.82, 2.24) is 4.90 Å². The van der Waals surface area contributed by atoms with Crippen molar-refractivity contribution in [2.75, 3.05) is 65.7 Å². The average Bonchev–Trinajstić information content (AvgIpc) is 2.37. The van der Waals surface area contributed by atoms with Crippen LogP contribution in [0.15, 0.2) is 0 Å². The molecule has 0 spiro atoms. The smallest absolute Gasteiger partial charge is 0.00729 e. The van der Waals surface area contributed by atoms with Gasteiger partial charge in [0.05, 0.1) is 0 Å². The summed E-state index contributed by atoms with van der Waals surface area (Å²) in [5.74, 6) is 10.6. The van der Waals surface area contributed by atoms with Crippen LogP contribution in [0, 0.1) is 5.41 Å². The molecular weight excluding hydrogens is 322 g/mol. The van der Waals surface area contributed by atoms with E-state index in [1.54, 1.807) is 0 Å². The zero-order valence-electron chi connectivity index (χ0n) is 13.4. The number of nitrogens with zero attached hydrogens (tertiary/aromatic N) is 1. The largest absolute Gasteiger partial charge is 0.301 e. The fourth-order valence-electron chi connectivity index (χ4n) is 2.09. The molecule has 0 radical (unpaired) electrons. The second-order valence-electron chi connectivity index (χ2n) is 6.29. The lowest BCUT2D eigenvalue weighted by atomic mass is 9.96. The summed E-state index contributed by atoms with van der Waals surface area (Å²) in [5.41, 5.74) is 0.421. The Hall–Kier alpha value is 1.36. The standard InChI is InChI=1S/C15H31NS4/c1-15(2,3)14-16-4-6-17-8-10-19-12-13-20-11-9-18-7-5-16/h4-14H2,1-3H3. The van der Waals surface area contributed by atoms with Crippen LogP contribution in [0.1, 0.15) is 20.8 Å². The van der Waals surface area contributed by atoms with Gasteiger partial charge >= 0.3 is 0 Å². The van der Waals surface area contributed by atoms with Crippen molar-refractivity contribution in [2.24, 2.45) is 5.41 Å². The molecule has 0 saturated carbocycles. The van der Waals surface area contributed by atoms with Crippen LogP contribution < -0.4 is 0 Å². The topological polar surface area (TPSA) is 3.24 Å². The van der Waals surface area contributed by atoms with Crippen LogP contribution >= 0.6 is 47.0 Å². The maximum absolute atomic E-state index is 2.68. The van der Waals surface area contributed by atoms with Gasteiger partial charge in [-0.3, -0.25) is 0 Å². The molecular formula is C15H31NS4. The summed E-state index contributed by atoms with van der Waals surface area (Å²) in [4.78, 5) is 2.68. The highest BCUT2D eigenvalue weighted by Crippen LogP contribution is 2.18. The predicted molar refractivity (Wildman–Crippen MR) is 105 cm³/mol. The molecule has 1 aliphatic rings. The predicted octanol–water partition coefficient (Wildman–Crippen LogP) is 4.28. The van der Waals surface area contributed by atoms with E-state index in [1.807, 2.05) is 0 Å². The van der Waals surface area contributed by atoms with E-state index in [-0.39, 0.29) is 0 Å². The van der Waals surface area contributed by atoms with Crippen LogP contribution in [-0.2, 0) is 0 Å². The lowest BCUT2D eigenvalue weighted by Gasteiger charge is -2.29. The molecule has 1 aliphatic heterocycles. The highest BCUT2D eigenvalue weighted by atomic mass is 32.2. The van der Waals surface area contributed by atoms with Crippen LogP contribution in [0.25, 0.3) is 0 Å². The van der Waals surface area contributed by atoms with E-state index in [9.17, 15) is 0 Å². The van der Waals surface area contributed by atoms with Crippen molar-refractivity contribution in [1.29, 1.82) is 0 Å². The van der Waals surface area contributed by atoms with Crippen LogP contribution in [0.4, 0.5) is 0 Å². The number of thioether (sulfide) groups is 4. The van der Waals surface area contributed by atoms with Crippen LogP contribution in [0.2, 0.25) is 0 Å². The Bertz CT molecular complexity index is 214. The van der Waals surface area contributed by atoms with E-state index < -0.39 is 0 Å². The fraction of sp³-hybridized carbons (Fsp3) is 1.00. The van der Waals surface area contributed by atoms with Crippen molar-refractivity contribution in [3.8, 4) is 0 Å². The second-order valence-corrected chi connectivity index (χ2v) is 11.2. The molecule has 0 atom stereocenters. The van der Waals surface area contributed by atoms with Crippen LogP contribution in [-0.4, -0.2) is 70.6 Å². The number of hydrogen-bond acceptors (Lipinski definition) is 5. The van der Waals surface area contributed by atoms with Crippen molar-refractivity contribution in [3.05, 3.63) is 0 Å². The first-order chi connectivity index (χ1) is 9.58. The van der Waals surface area contributed by atoms with Gasteiger partial charge in [0.15, 0.2) is 0 Å². The number of rotatable bonds is 1. The zero-order chi connectivity index (χ0) is 14.7. The highest BCUT2D eigenvalue weighted by Gasteiger charge is 2.16. The normalized spacial score (nSPS) is 22.9. The van der Waals surface area contributed by atoms with Gasteiger partial charge in [0, 0.05) is 65.7 Å². The lowest BCUT2D eigenvalue weighted by Crippen LogP contribution is -2.36. The molecule has 0 N–H and O–H groups in total. The minimum Gasteiger partial charge on any atom is -0.301 e. The maximum Gasteiger partial charge on any atom is 0.00729 e. The first-order valence-corrected chi connectivity index (χ1v) is 12.2. The highest BCUT2D eigenvalue weighted by molar-refractivity contribution is 8.05. The van der Waals surface area contributed by atoms with Gasteiger partial charge in [-0.15, -0.1) is 0 Å². The summed E-state index contributed by atoms with van der Waals surface area (Å²) in [7, 11) is 0. The third-order valence-corrected chi connectivity index (χ3v) is 7.59. The quantitative estimate of drug-likeness (QED) is 0.690. The van der Waals surface area contributed by atoms with Gasteiger partial charge in [0.25, 0.3) is 0 Å². The monoisotopic (exact) mass is 353 g/mol. The molecule has 0 unspecified atom stereocenters. The summed E-state index contributed by atoms with van der Waals surface area (Å²) in [5, 5.41) is 0. The molecule has 0 amide bonds. The van der Waals surface area contributed by atoms with Gasteiger partial charge in [-0.2, -0.15) is 47.0 Å². The van der Waals surface area contributed by atoms with Gasteiger partial charge in [0.1, 0.15) is 0 Å². The molecule has 0 aromatic carbocycles. The molecule has 0 aromatic heterocycles. The fourth-order valence-corrected chi connectivity index (χ4v) is 6.51.